The van der Waals surface area contributed by atoms with Gasteiger partial charge in [0.1, 0.15) is 5.56 Å². The lowest BCUT2D eigenvalue weighted by Crippen LogP contribution is -2.42. The standard InChI is InChI=1S/C14H19F3N4O3/c1-8(7-21-4-2-9(3-5-21)13(23)24)19-10-6-18-20-12(22)11(10)14(15,16)17/h6,8-9H,2-5,7H2,1H3,(H,23,24)(H2,19,20,22)/t8-/m0/s1. The third-order valence-corrected chi connectivity index (χ3v) is 4.01. The molecule has 1 aliphatic heterocycles. The summed E-state index contributed by atoms with van der Waals surface area (Å²) in [5, 5.41) is 16.8. The number of carbonyl (C=O) groups is 1. The molecule has 0 bridgehead atoms. The number of carboxylic acid groups (broad SMARTS) is 1. The van der Waals surface area contributed by atoms with Gasteiger partial charge in [0.2, 0.25) is 0 Å². The Kier molecular flexibility index (Phi) is 5.47. The third-order valence-electron chi connectivity index (χ3n) is 4.01. The lowest BCUT2D eigenvalue weighted by molar-refractivity contribution is -0.143. The molecule has 1 aliphatic rings. The molecule has 1 saturated heterocycles. The molecule has 2 heterocycles. The number of piperidine rings is 1. The number of halogens is 3. The Hall–Kier alpha value is -2.10. The molecule has 1 aromatic heterocycles. The van der Waals surface area contributed by atoms with Gasteiger partial charge in [0.15, 0.2) is 0 Å². The topological polar surface area (TPSA) is 98.3 Å². The van der Waals surface area contributed by atoms with E-state index in [2.05, 4.69) is 10.4 Å². The molecule has 0 spiro atoms. The summed E-state index contributed by atoms with van der Waals surface area (Å²) < 4.78 is 38.9. The molecule has 2 rings (SSSR count). The zero-order valence-corrected chi connectivity index (χ0v) is 13.1. The van der Waals surface area contributed by atoms with Gasteiger partial charge >= 0.3 is 12.1 Å². The highest BCUT2D eigenvalue weighted by molar-refractivity contribution is 5.70. The number of nitrogens with zero attached hydrogens (tertiary/aromatic N) is 2. The van der Waals surface area contributed by atoms with Crippen molar-refractivity contribution < 1.29 is 23.1 Å². The van der Waals surface area contributed by atoms with Gasteiger partial charge in [-0.3, -0.25) is 9.59 Å². The van der Waals surface area contributed by atoms with Crippen LogP contribution in [0.4, 0.5) is 18.9 Å². The molecule has 7 nitrogen and oxygen atoms in total. The Bertz CT molecular complexity index is 639. The maximum Gasteiger partial charge on any atom is 0.423 e. The fourth-order valence-electron chi connectivity index (χ4n) is 2.85. The smallest absolute Gasteiger partial charge is 0.423 e. The number of alkyl halides is 3. The summed E-state index contributed by atoms with van der Waals surface area (Å²) >= 11 is 0. The average Bonchev–Trinajstić information content (AvgIpc) is 2.46. The van der Waals surface area contributed by atoms with Crippen LogP contribution in [0, 0.1) is 5.92 Å². The quantitative estimate of drug-likeness (QED) is 0.744. The number of rotatable bonds is 5. The summed E-state index contributed by atoms with van der Waals surface area (Å²) in [7, 11) is 0. The Morgan fingerprint density at radius 2 is 2.12 bits per heavy atom. The lowest BCUT2D eigenvalue weighted by atomic mass is 9.97. The number of anilines is 1. The predicted molar refractivity (Wildman–Crippen MR) is 79.7 cm³/mol. The van der Waals surface area contributed by atoms with E-state index in [0.717, 1.165) is 6.20 Å². The second-order valence-electron chi connectivity index (χ2n) is 5.94. The minimum absolute atomic E-state index is 0.362. The van der Waals surface area contributed by atoms with Crippen LogP contribution in [0.25, 0.3) is 0 Å². The van der Waals surface area contributed by atoms with Crippen molar-refractivity contribution in [2.75, 3.05) is 25.0 Å². The van der Waals surface area contributed by atoms with Crippen LogP contribution in [-0.2, 0) is 11.0 Å². The van der Waals surface area contributed by atoms with E-state index in [-0.39, 0.29) is 17.6 Å². The number of H-pyrrole nitrogens is 1. The number of carboxylic acids is 1. The first-order chi connectivity index (χ1) is 11.2. The van der Waals surface area contributed by atoms with Crippen LogP contribution in [0.5, 0.6) is 0 Å². The number of hydrogen-bond acceptors (Lipinski definition) is 5. The summed E-state index contributed by atoms with van der Waals surface area (Å²) in [5.41, 5.74) is -2.95. The van der Waals surface area contributed by atoms with Gasteiger partial charge < -0.3 is 15.3 Å². The number of nitrogens with one attached hydrogen (secondary N) is 2. The molecule has 134 valence electrons. The Morgan fingerprint density at radius 3 is 2.67 bits per heavy atom. The zero-order valence-electron chi connectivity index (χ0n) is 13.1. The molecule has 0 saturated carbocycles. The number of aromatic amines is 1. The van der Waals surface area contributed by atoms with Crippen LogP contribution in [0.15, 0.2) is 11.0 Å². The van der Waals surface area contributed by atoms with Crippen LogP contribution >= 0.6 is 0 Å². The van der Waals surface area contributed by atoms with Crippen LogP contribution in [-0.4, -0.2) is 51.8 Å². The van der Waals surface area contributed by atoms with Crippen molar-refractivity contribution in [2.45, 2.75) is 32.0 Å². The van der Waals surface area contributed by atoms with Gasteiger partial charge in [-0.1, -0.05) is 0 Å². The molecule has 0 unspecified atom stereocenters. The van der Waals surface area contributed by atoms with Crippen molar-refractivity contribution >= 4 is 11.7 Å². The zero-order chi connectivity index (χ0) is 17.9. The molecule has 0 aromatic carbocycles. The Labute approximate surface area is 135 Å². The molecule has 1 aromatic rings. The van der Waals surface area contributed by atoms with Gasteiger partial charge in [-0.05, 0) is 32.9 Å². The van der Waals surface area contributed by atoms with Gasteiger partial charge in [-0.2, -0.15) is 18.3 Å². The fraction of sp³-hybridized carbons (Fsp3) is 0.643. The predicted octanol–water partition coefficient (Wildman–Crippen LogP) is 1.39. The van der Waals surface area contributed by atoms with Crippen LogP contribution < -0.4 is 10.9 Å². The largest absolute Gasteiger partial charge is 0.481 e. The second kappa shape index (κ2) is 7.20. The summed E-state index contributed by atoms with van der Waals surface area (Å²) in [5.74, 6) is -1.18. The SMILES string of the molecule is C[C@@H](CN1CCC(C(=O)O)CC1)Nc1cn[nH]c(=O)c1C(F)(F)F. The van der Waals surface area contributed by atoms with Crippen molar-refractivity contribution in [1.29, 1.82) is 0 Å². The van der Waals surface area contributed by atoms with Crippen LogP contribution in [0.1, 0.15) is 25.3 Å². The van der Waals surface area contributed by atoms with E-state index in [0.29, 0.717) is 32.5 Å². The van der Waals surface area contributed by atoms with Crippen LogP contribution in [0.2, 0.25) is 0 Å². The van der Waals surface area contributed by atoms with E-state index >= 15 is 0 Å². The molecule has 0 amide bonds. The minimum Gasteiger partial charge on any atom is -0.481 e. The second-order valence-corrected chi connectivity index (χ2v) is 5.94. The molecule has 3 N–H and O–H groups in total. The highest BCUT2D eigenvalue weighted by atomic mass is 19.4. The minimum atomic E-state index is -4.78. The number of aliphatic carboxylic acids is 1. The number of hydrogen-bond donors (Lipinski definition) is 3. The lowest BCUT2D eigenvalue weighted by Gasteiger charge is -2.32. The normalized spacial score (nSPS) is 18.3. The highest BCUT2D eigenvalue weighted by Gasteiger charge is 2.37. The van der Waals surface area contributed by atoms with E-state index in [1.165, 1.54) is 0 Å². The van der Waals surface area contributed by atoms with E-state index in [4.69, 9.17) is 5.11 Å². The maximum absolute atomic E-state index is 13.0. The van der Waals surface area contributed by atoms with Gasteiger partial charge in [0.25, 0.3) is 5.56 Å². The molecular formula is C14H19F3N4O3. The van der Waals surface area contributed by atoms with E-state index in [9.17, 15) is 22.8 Å². The first-order valence-electron chi connectivity index (χ1n) is 7.55. The Morgan fingerprint density at radius 1 is 1.50 bits per heavy atom. The molecule has 1 atom stereocenters. The van der Waals surface area contributed by atoms with Crippen molar-refractivity contribution in [3.63, 3.8) is 0 Å². The van der Waals surface area contributed by atoms with Crippen molar-refractivity contribution in [1.82, 2.24) is 15.1 Å². The van der Waals surface area contributed by atoms with Gasteiger partial charge in [-0.25, -0.2) is 5.10 Å². The summed E-state index contributed by atoms with van der Waals surface area (Å²) in [6, 6.07) is -0.365. The highest BCUT2D eigenvalue weighted by Crippen LogP contribution is 2.31. The van der Waals surface area contributed by atoms with Gasteiger partial charge in [0, 0.05) is 12.6 Å². The summed E-state index contributed by atoms with van der Waals surface area (Å²) in [4.78, 5) is 24.3. The Balaban J connectivity index is 1.99. The number of likely N-dealkylation sites (tertiary alicyclic amines) is 1. The molecule has 10 heteroatoms. The van der Waals surface area contributed by atoms with E-state index < -0.39 is 23.3 Å². The first kappa shape index (κ1) is 18.2. The van der Waals surface area contributed by atoms with Gasteiger partial charge in [-0.15, -0.1) is 0 Å². The van der Waals surface area contributed by atoms with E-state index in [1.807, 2.05) is 4.90 Å². The molecular weight excluding hydrogens is 329 g/mol. The third kappa shape index (κ3) is 4.47. The van der Waals surface area contributed by atoms with Crippen LogP contribution in [0.3, 0.4) is 0 Å². The van der Waals surface area contributed by atoms with Gasteiger partial charge in [0.05, 0.1) is 17.8 Å². The molecule has 0 radical (unpaired) electrons. The average molecular weight is 348 g/mol. The first-order valence-corrected chi connectivity index (χ1v) is 7.55. The van der Waals surface area contributed by atoms with Crippen molar-refractivity contribution in [2.24, 2.45) is 5.92 Å². The molecule has 24 heavy (non-hydrogen) atoms. The number of aromatic nitrogens is 2. The summed E-state index contributed by atoms with van der Waals surface area (Å²) in [6.07, 6.45) is -2.80. The molecule has 1 fully saturated rings. The summed E-state index contributed by atoms with van der Waals surface area (Å²) in [6.45, 7) is 3.28. The maximum atomic E-state index is 13.0. The monoisotopic (exact) mass is 348 g/mol. The van der Waals surface area contributed by atoms with Crippen molar-refractivity contribution in [3.05, 3.63) is 22.1 Å². The van der Waals surface area contributed by atoms with E-state index in [1.54, 1.807) is 12.0 Å². The molecule has 0 aliphatic carbocycles. The van der Waals surface area contributed by atoms with Crippen molar-refractivity contribution in [3.8, 4) is 0 Å². The fourth-order valence-corrected chi connectivity index (χ4v) is 2.85.